The van der Waals surface area contributed by atoms with Crippen molar-refractivity contribution >= 4 is 16.2 Å². The molecule has 1 atom stereocenters. The van der Waals surface area contributed by atoms with E-state index in [2.05, 4.69) is 0 Å². The Morgan fingerprint density at radius 1 is 1.47 bits per heavy atom. The third-order valence-electron chi connectivity index (χ3n) is 2.82. The van der Waals surface area contributed by atoms with Crippen molar-refractivity contribution in [3.8, 4) is 0 Å². The van der Waals surface area contributed by atoms with Gasteiger partial charge in [0.25, 0.3) is 10.2 Å². The van der Waals surface area contributed by atoms with Gasteiger partial charge in [-0.2, -0.15) is 17.0 Å². The van der Waals surface area contributed by atoms with Gasteiger partial charge in [-0.25, -0.2) is 0 Å². The molecule has 17 heavy (non-hydrogen) atoms. The second-order valence-electron chi connectivity index (χ2n) is 4.01. The van der Waals surface area contributed by atoms with Crippen LogP contribution in [0, 0.1) is 0 Å². The molecule has 100 valence electrons. The van der Waals surface area contributed by atoms with Crippen LogP contribution in [0.1, 0.15) is 12.8 Å². The minimum Gasteiger partial charge on any atom is -0.481 e. The van der Waals surface area contributed by atoms with Crippen molar-refractivity contribution in [2.45, 2.75) is 18.9 Å². The van der Waals surface area contributed by atoms with E-state index in [1.54, 1.807) is 0 Å². The zero-order chi connectivity index (χ0) is 13.1. The molecule has 1 aliphatic rings. The molecule has 1 heterocycles. The fourth-order valence-electron chi connectivity index (χ4n) is 1.59. The van der Waals surface area contributed by atoms with Crippen LogP contribution < -0.4 is 0 Å². The van der Waals surface area contributed by atoms with E-state index in [4.69, 9.17) is 9.84 Å². The van der Waals surface area contributed by atoms with Crippen molar-refractivity contribution in [3.63, 3.8) is 0 Å². The fraction of sp³-hybridized carbons (Fsp3) is 0.889. The van der Waals surface area contributed by atoms with E-state index in [0.717, 1.165) is 4.31 Å². The highest BCUT2D eigenvalue weighted by Crippen LogP contribution is 2.16. The van der Waals surface area contributed by atoms with Gasteiger partial charge in [-0.1, -0.05) is 0 Å². The smallest absolute Gasteiger partial charge is 0.304 e. The number of carboxylic acid groups (broad SMARTS) is 1. The van der Waals surface area contributed by atoms with Crippen LogP contribution in [0.2, 0.25) is 0 Å². The van der Waals surface area contributed by atoms with Crippen LogP contribution in [0.5, 0.6) is 0 Å². The molecule has 1 saturated heterocycles. The Hall–Kier alpha value is -0.700. The predicted molar refractivity (Wildman–Crippen MR) is 60.8 cm³/mol. The highest BCUT2D eigenvalue weighted by molar-refractivity contribution is 7.86. The van der Waals surface area contributed by atoms with Crippen molar-refractivity contribution < 1.29 is 23.1 Å². The average molecular weight is 266 g/mol. The number of nitrogens with zero attached hydrogens (tertiary/aromatic N) is 2. The monoisotopic (exact) mass is 266 g/mol. The fourth-order valence-corrected chi connectivity index (χ4v) is 2.89. The first-order chi connectivity index (χ1) is 7.85. The number of rotatable bonds is 6. The SMILES string of the molecule is CN(CCC(=O)O)S(=O)(=O)N(C)C1CCOC1. The summed E-state index contributed by atoms with van der Waals surface area (Å²) in [4.78, 5) is 10.4. The van der Waals surface area contributed by atoms with Crippen LogP contribution in [0.3, 0.4) is 0 Å². The Labute approximate surface area is 101 Å². The molecule has 1 fully saturated rings. The van der Waals surface area contributed by atoms with Gasteiger partial charge in [0.2, 0.25) is 0 Å². The van der Waals surface area contributed by atoms with E-state index in [1.807, 2.05) is 0 Å². The number of hydrogen-bond acceptors (Lipinski definition) is 4. The topological polar surface area (TPSA) is 87.2 Å². The second-order valence-corrected chi connectivity index (χ2v) is 6.10. The molecule has 0 aromatic heterocycles. The maximum atomic E-state index is 12.0. The quantitative estimate of drug-likeness (QED) is 0.691. The van der Waals surface area contributed by atoms with Gasteiger partial charge in [-0.15, -0.1) is 0 Å². The van der Waals surface area contributed by atoms with Crippen LogP contribution >= 0.6 is 0 Å². The molecule has 0 spiro atoms. The van der Waals surface area contributed by atoms with Gasteiger partial charge in [-0.05, 0) is 6.42 Å². The van der Waals surface area contributed by atoms with E-state index in [0.29, 0.717) is 19.6 Å². The van der Waals surface area contributed by atoms with Crippen LogP contribution in [-0.4, -0.2) is 68.0 Å². The molecule has 1 N–H and O–H groups in total. The van der Waals surface area contributed by atoms with Gasteiger partial charge < -0.3 is 9.84 Å². The summed E-state index contributed by atoms with van der Waals surface area (Å²) in [6.07, 6.45) is 0.466. The molecule has 0 amide bonds. The summed E-state index contributed by atoms with van der Waals surface area (Å²) in [6.45, 7) is 0.918. The minimum absolute atomic E-state index is 0.0322. The molecule has 0 bridgehead atoms. The molecular formula is C9H18N2O5S. The maximum absolute atomic E-state index is 12.0. The lowest BCUT2D eigenvalue weighted by Crippen LogP contribution is -2.45. The molecule has 0 aromatic rings. The van der Waals surface area contributed by atoms with Gasteiger partial charge >= 0.3 is 5.97 Å². The number of carbonyl (C=O) groups is 1. The van der Waals surface area contributed by atoms with E-state index >= 15 is 0 Å². The van der Waals surface area contributed by atoms with Crippen molar-refractivity contribution in [2.75, 3.05) is 33.9 Å². The van der Waals surface area contributed by atoms with E-state index in [-0.39, 0.29) is 19.0 Å². The predicted octanol–water partition coefficient (Wildman–Crippen LogP) is -0.642. The molecule has 0 radical (unpaired) electrons. The van der Waals surface area contributed by atoms with Gasteiger partial charge in [0.15, 0.2) is 0 Å². The Kier molecular flexibility index (Phi) is 4.87. The van der Waals surface area contributed by atoms with E-state index < -0.39 is 16.2 Å². The molecule has 1 aliphatic heterocycles. The van der Waals surface area contributed by atoms with Crippen LogP contribution in [0.25, 0.3) is 0 Å². The summed E-state index contributed by atoms with van der Waals surface area (Å²) in [5, 5.41) is 8.52. The second kappa shape index (κ2) is 5.76. The largest absolute Gasteiger partial charge is 0.481 e. The lowest BCUT2D eigenvalue weighted by Gasteiger charge is -2.27. The summed E-state index contributed by atoms with van der Waals surface area (Å²) >= 11 is 0. The Morgan fingerprint density at radius 2 is 2.12 bits per heavy atom. The first-order valence-corrected chi connectivity index (χ1v) is 6.74. The third-order valence-corrected chi connectivity index (χ3v) is 4.81. The minimum atomic E-state index is -3.59. The van der Waals surface area contributed by atoms with Crippen molar-refractivity contribution in [1.82, 2.24) is 8.61 Å². The van der Waals surface area contributed by atoms with Crippen molar-refractivity contribution in [1.29, 1.82) is 0 Å². The van der Waals surface area contributed by atoms with Crippen LogP contribution in [0.15, 0.2) is 0 Å². The highest BCUT2D eigenvalue weighted by Gasteiger charge is 2.32. The van der Waals surface area contributed by atoms with Crippen molar-refractivity contribution in [3.05, 3.63) is 0 Å². The number of ether oxygens (including phenoxy) is 1. The van der Waals surface area contributed by atoms with Gasteiger partial charge in [0.1, 0.15) is 0 Å². The standard InChI is InChI=1S/C9H18N2O5S/c1-10(5-3-9(12)13)17(14,15)11(2)8-4-6-16-7-8/h8H,3-7H2,1-2H3,(H,12,13). The van der Waals surface area contributed by atoms with E-state index in [1.165, 1.54) is 18.4 Å². The maximum Gasteiger partial charge on any atom is 0.304 e. The Balaban J connectivity index is 2.62. The molecule has 1 rings (SSSR count). The lowest BCUT2D eigenvalue weighted by molar-refractivity contribution is -0.137. The number of carboxylic acids is 1. The molecule has 0 aromatic carbocycles. The van der Waals surface area contributed by atoms with E-state index in [9.17, 15) is 13.2 Å². The van der Waals surface area contributed by atoms with Crippen LogP contribution in [-0.2, 0) is 19.7 Å². The Morgan fingerprint density at radius 3 is 2.59 bits per heavy atom. The number of likely N-dealkylation sites (N-methyl/N-ethyl adjacent to an activating group) is 1. The van der Waals surface area contributed by atoms with Crippen molar-refractivity contribution in [2.24, 2.45) is 0 Å². The first kappa shape index (κ1) is 14.4. The van der Waals surface area contributed by atoms with Gasteiger partial charge in [-0.3, -0.25) is 4.79 Å². The summed E-state index contributed by atoms with van der Waals surface area (Å²) in [5.74, 6) is -1.01. The first-order valence-electron chi connectivity index (χ1n) is 5.34. The zero-order valence-electron chi connectivity index (χ0n) is 10.00. The molecule has 1 unspecified atom stereocenters. The van der Waals surface area contributed by atoms with Gasteiger partial charge in [0, 0.05) is 27.2 Å². The summed E-state index contributed by atoms with van der Waals surface area (Å²) in [5.41, 5.74) is 0. The third kappa shape index (κ3) is 3.63. The Bertz CT molecular complexity index is 364. The summed E-state index contributed by atoms with van der Waals surface area (Å²) in [7, 11) is -0.723. The summed E-state index contributed by atoms with van der Waals surface area (Å²) < 4.78 is 31.5. The molecule has 0 saturated carbocycles. The lowest BCUT2D eigenvalue weighted by atomic mass is 10.3. The summed E-state index contributed by atoms with van der Waals surface area (Å²) in [6, 6.07) is -0.160. The van der Waals surface area contributed by atoms with Gasteiger partial charge in [0.05, 0.1) is 19.1 Å². The molecule has 0 aliphatic carbocycles. The number of aliphatic carboxylic acids is 1. The normalized spacial score (nSPS) is 21.3. The molecular weight excluding hydrogens is 248 g/mol. The average Bonchev–Trinajstić information content (AvgIpc) is 2.77. The van der Waals surface area contributed by atoms with Crippen LogP contribution in [0.4, 0.5) is 0 Å². The molecule has 8 heteroatoms. The molecule has 7 nitrogen and oxygen atoms in total. The zero-order valence-corrected chi connectivity index (χ0v) is 10.8. The number of hydrogen-bond donors (Lipinski definition) is 1. The highest BCUT2D eigenvalue weighted by atomic mass is 32.2.